The molecular weight excluding hydrogens is 234 g/mol. The summed E-state index contributed by atoms with van der Waals surface area (Å²) in [6, 6.07) is 11.5. The van der Waals surface area contributed by atoms with Crippen molar-refractivity contribution in [1.29, 1.82) is 0 Å². The molecule has 1 heterocycles. The van der Waals surface area contributed by atoms with E-state index >= 15 is 0 Å². The van der Waals surface area contributed by atoms with Crippen molar-refractivity contribution in [3.8, 4) is 0 Å². The fraction of sp³-hybridized carbons (Fsp3) is 0.154. The number of nitrogens with zero attached hydrogens (tertiary/aromatic N) is 1. The molecule has 17 heavy (non-hydrogen) atoms. The van der Waals surface area contributed by atoms with Crippen LogP contribution in [-0.2, 0) is 13.1 Å². The third-order valence-corrected chi connectivity index (χ3v) is 2.72. The Morgan fingerprint density at radius 1 is 1.24 bits per heavy atom. The van der Waals surface area contributed by atoms with Crippen molar-refractivity contribution in [3.05, 3.63) is 58.9 Å². The van der Waals surface area contributed by atoms with Crippen LogP contribution in [0.25, 0.3) is 0 Å². The quantitative estimate of drug-likeness (QED) is 0.874. The summed E-state index contributed by atoms with van der Waals surface area (Å²) in [6.07, 6.45) is 1.77. The molecule has 0 saturated heterocycles. The highest BCUT2D eigenvalue weighted by Gasteiger charge is 2.01. The zero-order valence-electron chi connectivity index (χ0n) is 9.36. The Bertz CT molecular complexity index is 500. The number of halogens is 1. The molecule has 3 nitrogen and oxygen atoms in total. The van der Waals surface area contributed by atoms with Gasteiger partial charge in [0.1, 0.15) is 0 Å². The predicted octanol–water partition coefficient (Wildman–Crippen LogP) is 2.81. The van der Waals surface area contributed by atoms with Crippen LogP contribution in [0, 0.1) is 0 Å². The Kier molecular flexibility index (Phi) is 3.96. The maximum Gasteiger partial charge on any atom is 0.0639 e. The van der Waals surface area contributed by atoms with Gasteiger partial charge in [-0.1, -0.05) is 23.7 Å². The first kappa shape index (κ1) is 11.9. The van der Waals surface area contributed by atoms with Crippen LogP contribution in [0.3, 0.4) is 0 Å². The first-order chi connectivity index (χ1) is 8.29. The SMILES string of the molecule is NCc1cccnc1CNc1cccc(Cl)c1. The van der Waals surface area contributed by atoms with Gasteiger partial charge in [0, 0.05) is 23.5 Å². The van der Waals surface area contributed by atoms with Crippen LogP contribution in [0.4, 0.5) is 5.69 Å². The average Bonchev–Trinajstić information content (AvgIpc) is 2.37. The number of aromatic nitrogens is 1. The number of nitrogens with two attached hydrogens (primary N) is 1. The molecule has 4 heteroatoms. The van der Waals surface area contributed by atoms with Gasteiger partial charge in [0.2, 0.25) is 0 Å². The van der Waals surface area contributed by atoms with Gasteiger partial charge in [-0.15, -0.1) is 0 Å². The standard InChI is InChI=1S/C13H14ClN3/c14-11-4-1-5-12(7-11)17-9-13-10(8-15)3-2-6-16-13/h1-7,17H,8-9,15H2. The maximum absolute atomic E-state index is 5.91. The lowest BCUT2D eigenvalue weighted by Gasteiger charge is -2.09. The molecule has 0 radical (unpaired) electrons. The second-order valence-corrected chi connectivity index (χ2v) is 4.11. The van der Waals surface area contributed by atoms with Crippen LogP contribution in [-0.4, -0.2) is 4.98 Å². The second kappa shape index (κ2) is 5.66. The molecule has 0 amide bonds. The number of nitrogens with one attached hydrogen (secondary N) is 1. The predicted molar refractivity (Wildman–Crippen MR) is 70.9 cm³/mol. The molecule has 0 aliphatic rings. The topological polar surface area (TPSA) is 50.9 Å². The first-order valence-corrected chi connectivity index (χ1v) is 5.79. The molecule has 1 aromatic heterocycles. The number of rotatable bonds is 4. The largest absolute Gasteiger partial charge is 0.379 e. The van der Waals surface area contributed by atoms with Crippen LogP contribution < -0.4 is 11.1 Å². The molecule has 88 valence electrons. The lowest BCUT2D eigenvalue weighted by Crippen LogP contribution is -2.08. The van der Waals surface area contributed by atoms with Gasteiger partial charge in [-0.05, 0) is 29.8 Å². The van der Waals surface area contributed by atoms with E-state index in [4.69, 9.17) is 17.3 Å². The fourth-order valence-electron chi connectivity index (χ4n) is 1.60. The third-order valence-electron chi connectivity index (χ3n) is 2.49. The van der Waals surface area contributed by atoms with Gasteiger partial charge in [0.05, 0.1) is 12.2 Å². The Hall–Kier alpha value is -1.58. The molecule has 0 bridgehead atoms. The van der Waals surface area contributed by atoms with Crippen LogP contribution in [0.1, 0.15) is 11.3 Å². The summed E-state index contributed by atoms with van der Waals surface area (Å²) in [4.78, 5) is 4.31. The van der Waals surface area contributed by atoms with E-state index < -0.39 is 0 Å². The lowest BCUT2D eigenvalue weighted by molar-refractivity contribution is 0.951. The molecule has 0 fully saturated rings. The summed E-state index contributed by atoms with van der Waals surface area (Å²) in [6.45, 7) is 1.15. The van der Waals surface area contributed by atoms with Crippen LogP contribution in [0.5, 0.6) is 0 Å². The second-order valence-electron chi connectivity index (χ2n) is 3.68. The Labute approximate surface area is 106 Å². The van der Waals surface area contributed by atoms with Gasteiger partial charge in [0.25, 0.3) is 0 Å². The Balaban J connectivity index is 2.07. The van der Waals surface area contributed by atoms with E-state index in [2.05, 4.69) is 10.3 Å². The van der Waals surface area contributed by atoms with Crippen molar-refractivity contribution in [1.82, 2.24) is 4.98 Å². The highest BCUT2D eigenvalue weighted by atomic mass is 35.5. The Morgan fingerprint density at radius 2 is 2.12 bits per heavy atom. The van der Waals surface area contributed by atoms with Crippen molar-refractivity contribution in [3.63, 3.8) is 0 Å². The summed E-state index contributed by atoms with van der Waals surface area (Å²) >= 11 is 5.91. The molecule has 2 rings (SSSR count). The normalized spacial score (nSPS) is 10.2. The summed E-state index contributed by atoms with van der Waals surface area (Å²) in [5, 5.41) is 3.99. The van der Waals surface area contributed by atoms with Crippen molar-refractivity contribution >= 4 is 17.3 Å². The Morgan fingerprint density at radius 3 is 2.88 bits per heavy atom. The van der Waals surface area contributed by atoms with Gasteiger partial charge in [0.15, 0.2) is 0 Å². The molecule has 0 unspecified atom stereocenters. The van der Waals surface area contributed by atoms with E-state index in [9.17, 15) is 0 Å². The average molecular weight is 248 g/mol. The van der Waals surface area contributed by atoms with Crippen molar-refractivity contribution in [2.45, 2.75) is 13.1 Å². The molecule has 3 N–H and O–H groups in total. The molecule has 1 aromatic carbocycles. The van der Waals surface area contributed by atoms with Crippen LogP contribution in [0.2, 0.25) is 5.02 Å². The number of benzene rings is 1. The minimum absolute atomic E-state index is 0.500. The zero-order valence-corrected chi connectivity index (χ0v) is 10.1. The van der Waals surface area contributed by atoms with Crippen LogP contribution in [0.15, 0.2) is 42.6 Å². The van der Waals surface area contributed by atoms with Gasteiger partial charge in [-0.3, -0.25) is 4.98 Å². The van der Waals surface area contributed by atoms with E-state index in [1.54, 1.807) is 6.20 Å². The number of pyridine rings is 1. The maximum atomic E-state index is 5.91. The molecule has 2 aromatic rings. The van der Waals surface area contributed by atoms with Crippen molar-refractivity contribution < 1.29 is 0 Å². The minimum atomic E-state index is 0.500. The molecule has 0 spiro atoms. The summed E-state index contributed by atoms with van der Waals surface area (Å²) in [5.41, 5.74) is 8.66. The van der Waals surface area contributed by atoms with E-state index in [-0.39, 0.29) is 0 Å². The number of hydrogen-bond acceptors (Lipinski definition) is 3. The highest BCUT2D eigenvalue weighted by molar-refractivity contribution is 6.30. The summed E-state index contributed by atoms with van der Waals surface area (Å²) in [5.74, 6) is 0. The van der Waals surface area contributed by atoms with Gasteiger partial charge >= 0.3 is 0 Å². The number of hydrogen-bond donors (Lipinski definition) is 2. The molecule has 0 aliphatic carbocycles. The fourth-order valence-corrected chi connectivity index (χ4v) is 1.79. The molecule has 0 aliphatic heterocycles. The zero-order chi connectivity index (χ0) is 12.1. The molecule has 0 atom stereocenters. The van der Waals surface area contributed by atoms with Crippen molar-refractivity contribution in [2.75, 3.05) is 5.32 Å². The van der Waals surface area contributed by atoms with E-state index in [0.29, 0.717) is 13.1 Å². The van der Waals surface area contributed by atoms with E-state index in [1.165, 1.54) is 0 Å². The minimum Gasteiger partial charge on any atom is -0.379 e. The molecular formula is C13H14ClN3. The van der Waals surface area contributed by atoms with Gasteiger partial charge in [-0.25, -0.2) is 0 Å². The summed E-state index contributed by atoms with van der Waals surface area (Å²) in [7, 11) is 0. The molecule has 0 saturated carbocycles. The highest BCUT2D eigenvalue weighted by Crippen LogP contribution is 2.16. The number of anilines is 1. The first-order valence-electron chi connectivity index (χ1n) is 5.42. The van der Waals surface area contributed by atoms with Gasteiger partial charge in [-0.2, -0.15) is 0 Å². The van der Waals surface area contributed by atoms with Gasteiger partial charge < -0.3 is 11.1 Å². The lowest BCUT2D eigenvalue weighted by atomic mass is 10.2. The third kappa shape index (κ3) is 3.19. The van der Waals surface area contributed by atoms with E-state index in [1.807, 2.05) is 36.4 Å². The summed E-state index contributed by atoms with van der Waals surface area (Å²) < 4.78 is 0. The van der Waals surface area contributed by atoms with Crippen molar-refractivity contribution in [2.24, 2.45) is 5.73 Å². The van der Waals surface area contributed by atoms with Crippen LogP contribution >= 0.6 is 11.6 Å². The smallest absolute Gasteiger partial charge is 0.0639 e. The van der Waals surface area contributed by atoms with E-state index in [0.717, 1.165) is 22.0 Å². The monoisotopic (exact) mass is 247 g/mol.